The van der Waals surface area contributed by atoms with Crippen LogP contribution in [0.1, 0.15) is 50.8 Å². The molecule has 0 aliphatic carbocycles. The summed E-state index contributed by atoms with van der Waals surface area (Å²) in [4.78, 5) is 0. The first-order valence-corrected chi connectivity index (χ1v) is 5.86. The first kappa shape index (κ1) is 13.2. The van der Waals surface area contributed by atoms with E-state index in [0.717, 1.165) is 5.56 Å². The lowest BCUT2D eigenvalue weighted by atomic mass is 9.82. The standard InChI is InChI=1S/C14H23NO/c1-10(2)11-5-7-12(8-6-11)13(16)14(3,4)9-15/h5-8,10,13,16H,9,15H2,1-4H3. The zero-order chi connectivity index (χ0) is 12.3. The van der Waals surface area contributed by atoms with E-state index in [0.29, 0.717) is 12.5 Å². The molecule has 1 unspecified atom stereocenters. The summed E-state index contributed by atoms with van der Waals surface area (Å²) in [6.45, 7) is 8.76. The monoisotopic (exact) mass is 221 g/mol. The zero-order valence-corrected chi connectivity index (χ0v) is 10.7. The van der Waals surface area contributed by atoms with Gasteiger partial charge in [0.1, 0.15) is 0 Å². The van der Waals surface area contributed by atoms with E-state index in [1.54, 1.807) is 0 Å². The summed E-state index contributed by atoms with van der Waals surface area (Å²) < 4.78 is 0. The number of hydrogen-bond acceptors (Lipinski definition) is 2. The van der Waals surface area contributed by atoms with Crippen LogP contribution in [0.2, 0.25) is 0 Å². The fraction of sp³-hybridized carbons (Fsp3) is 0.571. The van der Waals surface area contributed by atoms with Crippen molar-refractivity contribution in [3.05, 3.63) is 35.4 Å². The maximum Gasteiger partial charge on any atom is 0.0852 e. The van der Waals surface area contributed by atoms with E-state index >= 15 is 0 Å². The van der Waals surface area contributed by atoms with Gasteiger partial charge in [0.05, 0.1) is 6.10 Å². The predicted molar refractivity (Wildman–Crippen MR) is 68.3 cm³/mol. The smallest absolute Gasteiger partial charge is 0.0852 e. The van der Waals surface area contributed by atoms with Crippen molar-refractivity contribution in [2.75, 3.05) is 6.54 Å². The van der Waals surface area contributed by atoms with Crippen molar-refractivity contribution >= 4 is 0 Å². The molecule has 0 fully saturated rings. The lowest BCUT2D eigenvalue weighted by Crippen LogP contribution is -2.30. The van der Waals surface area contributed by atoms with Gasteiger partial charge in [0.15, 0.2) is 0 Å². The molecule has 0 bridgehead atoms. The summed E-state index contributed by atoms with van der Waals surface area (Å²) in [5.41, 5.74) is 7.62. The van der Waals surface area contributed by atoms with Gasteiger partial charge in [0, 0.05) is 12.0 Å². The van der Waals surface area contributed by atoms with Gasteiger partial charge in [0.25, 0.3) is 0 Å². The van der Waals surface area contributed by atoms with E-state index < -0.39 is 6.10 Å². The molecule has 0 radical (unpaired) electrons. The number of hydrogen-bond donors (Lipinski definition) is 2. The van der Waals surface area contributed by atoms with E-state index in [-0.39, 0.29) is 5.41 Å². The molecule has 1 aromatic rings. The molecule has 1 rings (SSSR count). The average Bonchev–Trinajstić information content (AvgIpc) is 2.28. The van der Waals surface area contributed by atoms with Crippen molar-refractivity contribution in [3.63, 3.8) is 0 Å². The van der Waals surface area contributed by atoms with Gasteiger partial charge in [-0.3, -0.25) is 0 Å². The molecule has 0 aromatic heterocycles. The Bertz CT molecular complexity index is 327. The van der Waals surface area contributed by atoms with Gasteiger partial charge >= 0.3 is 0 Å². The maximum absolute atomic E-state index is 10.2. The fourth-order valence-electron chi connectivity index (χ4n) is 1.63. The van der Waals surface area contributed by atoms with E-state index in [9.17, 15) is 5.11 Å². The first-order valence-electron chi connectivity index (χ1n) is 5.86. The van der Waals surface area contributed by atoms with Crippen LogP contribution < -0.4 is 5.73 Å². The minimum Gasteiger partial charge on any atom is -0.388 e. The fourth-order valence-corrected chi connectivity index (χ4v) is 1.63. The Morgan fingerprint density at radius 1 is 1.12 bits per heavy atom. The Kier molecular flexibility index (Phi) is 4.11. The van der Waals surface area contributed by atoms with E-state index in [1.165, 1.54) is 5.56 Å². The highest BCUT2D eigenvalue weighted by atomic mass is 16.3. The molecule has 0 aliphatic rings. The van der Waals surface area contributed by atoms with Crippen LogP contribution >= 0.6 is 0 Å². The summed E-state index contributed by atoms with van der Waals surface area (Å²) in [5.74, 6) is 0.522. The zero-order valence-electron chi connectivity index (χ0n) is 10.7. The topological polar surface area (TPSA) is 46.2 Å². The van der Waals surface area contributed by atoms with Crippen molar-refractivity contribution < 1.29 is 5.11 Å². The highest BCUT2D eigenvalue weighted by molar-refractivity contribution is 5.27. The minimum absolute atomic E-state index is 0.278. The van der Waals surface area contributed by atoms with Crippen LogP contribution in [0.25, 0.3) is 0 Å². The normalized spacial score (nSPS) is 14.2. The third-order valence-electron chi connectivity index (χ3n) is 3.19. The summed E-state index contributed by atoms with van der Waals surface area (Å²) in [7, 11) is 0. The Balaban J connectivity index is 2.90. The molecule has 0 saturated carbocycles. The van der Waals surface area contributed by atoms with Gasteiger partial charge in [-0.25, -0.2) is 0 Å². The summed E-state index contributed by atoms with van der Waals surface area (Å²) in [5, 5.41) is 10.2. The number of aliphatic hydroxyl groups is 1. The Hall–Kier alpha value is -0.860. The average molecular weight is 221 g/mol. The molecular formula is C14H23NO. The third-order valence-corrected chi connectivity index (χ3v) is 3.19. The number of nitrogens with two attached hydrogens (primary N) is 1. The van der Waals surface area contributed by atoms with Crippen molar-refractivity contribution in [3.8, 4) is 0 Å². The minimum atomic E-state index is -0.501. The second-order valence-electron chi connectivity index (χ2n) is 5.42. The van der Waals surface area contributed by atoms with Crippen molar-refractivity contribution in [1.82, 2.24) is 0 Å². The van der Waals surface area contributed by atoms with Crippen molar-refractivity contribution in [2.45, 2.75) is 39.7 Å². The molecule has 16 heavy (non-hydrogen) atoms. The highest BCUT2D eigenvalue weighted by Crippen LogP contribution is 2.32. The van der Waals surface area contributed by atoms with Gasteiger partial charge in [-0.05, 0) is 17.0 Å². The third kappa shape index (κ3) is 2.83. The molecule has 0 heterocycles. The predicted octanol–water partition coefficient (Wildman–Crippen LogP) is 2.83. The second-order valence-corrected chi connectivity index (χ2v) is 5.42. The van der Waals surface area contributed by atoms with E-state index in [1.807, 2.05) is 26.0 Å². The molecule has 0 saturated heterocycles. The number of aliphatic hydroxyl groups excluding tert-OH is 1. The lowest BCUT2D eigenvalue weighted by Gasteiger charge is -2.29. The van der Waals surface area contributed by atoms with Crippen molar-refractivity contribution in [2.24, 2.45) is 11.1 Å². The molecule has 1 atom stereocenters. The van der Waals surface area contributed by atoms with Crippen LogP contribution in [0.3, 0.4) is 0 Å². The summed E-state index contributed by atoms with van der Waals surface area (Å²) in [6.07, 6.45) is -0.501. The van der Waals surface area contributed by atoms with Gasteiger partial charge in [-0.15, -0.1) is 0 Å². The van der Waals surface area contributed by atoms with E-state index in [4.69, 9.17) is 5.73 Å². The molecule has 3 N–H and O–H groups in total. The molecule has 0 amide bonds. The van der Waals surface area contributed by atoms with Gasteiger partial charge in [-0.1, -0.05) is 52.0 Å². The molecular weight excluding hydrogens is 198 g/mol. The summed E-state index contributed by atoms with van der Waals surface area (Å²) in [6, 6.07) is 8.15. The lowest BCUT2D eigenvalue weighted by molar-refractivity contribution is 0.0555. The van der Waals surface area contributed by atoms with Crippen molar-refractivity contribution in [1.29, 1.82) is 0 Å². The quantitative estimate of drug-likeness (QED) is 0.821. The molecule has 2 heteroatoms. The van der Waals surface area contributed by atoms with Crippen LogP contribution in [-0.2, 0) is 0 Å². The molecule has 2 nitrogen and oxygen atoms in total. The van der Waals surface area contributed by atoms with Crippen LogP contribution in [0.4, 0.5) is 0 Å². The molecule has 90 valence electrons. The number of benzene rings is 1. The highest BCUT2D eigenvalue weighted by Gasteiger charge is 2.27. The van der Waals surface area contributed by atoms with Crippen LogP contribution in [0.5, 0.6) is 0 Å². The number of rotatable bonds is 4. The second kappa shape index (κ2) is 4.98. The largest absolute Gasteiger partial charge is 0.388 e. The van der Waals surface area contributed by atoms with Crippen LogP contribution in [-0.4, -0.2) is 11.7 Å². The molecule has 0 aliphatic heterocycles. The SMILES string of the molecule is CC(C)c1ccc(C(O)C(C)(C)CN)cc1. The first-order chi connectivity index (χ1) is 7.38. The molecule has 1 aromatic carbocycles. The van der Waals surface area contributed by atoms with Gasteiger partial charge in [0.2, 0.25) is 0 Å². The van der Waals surface area contributed by atoms with Crippen LogP contribution in [0.15, 0.2) is 24.3 Å². The van der Waals surface area contributed by atoms with E-state index in [2.05, 4.69) is 26.0 Å². The Morgan fingerprint density at radius 3 is 1.94 bits per heavy atom. The molecule has 0 spiro atoms. The maximum atomic E-state index is 10.2. The summed E-state index contributed by atoms with van der Waals surface area (Å²) >= 11 is 0. The van der Waals surface area contributed by atoms with Gasteiger partial charge < -0.3 is 10.8 Å². The van der Waals surface area contributed by atoms with Crippen LogP contribution in [0, 0.1) is 5.41 Å². The Morgan fingerprint density at radius 2 is 1.56 bits per heavy atom. The van der Waals surface area contributed by atoms with Gasteiger partial charge in [-0.2, -0.15) is 0 Å². The Labute approximate surface area is 98.5 Å².